The SMILES string of the molecule is CCC1CCCC(OC(CBr)c2ccccc2Br)C1. The summed E-state index contributed by atoms with van der Waals surface area (Å²) in [6, 6.07) is 8.36. The van der Waals surface area contributed by atoms with Gasteiger partial charge < -0.3 is 4.74 Å². The highest BCUT2D eigenvalue weighted by atomic mass is 79.9. The molecule has 1 aliphatic carbocycles. The molecule has 0 aliphatic heterocycles. The molecule has 0 heterocycles. The van der Waals surface area contributed by atoms with Crippen LogP contribution in [0, 0.1) is 5.92 Å². The maximum atomic E-state index is 6.36. The van der Waals surface area contributed by atoms with Gasteiger partial charge in [-0.25, -0.2) is 0 Å². The molecular weight excluding hydrogens is 368 g/mol. The van der Waals surface area contributed by atoms with Crippen molar-refractivity contribution < 1.29 is 4.74 Å². The van der Waals surface area contributed by atoms with Crippen molar-refractivity contribution in [2.45, 2.75) is 51.2 Å². The molecule has 0 radical (unpaired) electrons. The number of hydrogen-bond donors (Lipinski definition) is 0. The first-order valence-corrected chi connectivity index (χ1v) is 9.11. The standard InChI is InChI=1S/C16H22Br2O/c1-2-12-6-5-7-13(10-12)19-16(11-17)14-8-3-4-9-15(14)18/h3-4,8-9,12-13,16H,2,5-7,10-11H2,1H3. The Morgan fingerprint density at radius 3 is 2.79 bits per heavy atom. The van der Waals surface area contributed by atoms with Crippen LogP contribution >= 0.6 is 31.9 Å². The third-order valence-corrected chi connectivity index (χ3v) is 5.37. The van der Waals surface area contributed by atoms with Gasteiger partial charge in [0.25, 0.3) is 0 Å². The lowest BCUT2D eigenvalue weighted by atomic mass is 9.85. The van der Waals surface area contributed by atoms with Gasteiger partial charge in [0, 0.05) is 9.80 Å². The van der Waals surface area contributed by atoms with Crippen LogP contribution in [0.1, 0.15) is 50.7 Å². The average Bonchev–Trinajstić information content (AvgIpc) is 2.46. The lowest BCUT2D eigenvalue weighted by molar-refractivity contribution is -0.0315. The van der Waals surface area contributed by atoms with E-state index in [4.69, 9.17) is 4.74 Å². The maximum Gasteiger partial charge on any atom is 0.0936 e. The van der Waals surface area contributed by atoms with Gasteiger partial charge in [0.2, 0.25) is 0 Å². The maximum absolute atomic E-state index is 6.36. The number of halogens is 2. The van der Waals surface area contributed by atoms with E-state index in [9.17, 15) is 0 Å². The van der Waals surface area contributed by atoms with Crippen LogP contribution in [0.4, 0.5) is 0 Å². The van der Waals surface area contributed by atoms with Crippen molar-refractivity contribution in [1.82, 2.24) is 0 Å². The number of hydrogen-bond acceptors (Lipinski definition) is 1. The van der Waals surface area contributed by atoms with E-state index in [1.165, 1.54) is 37.7 Å². The molecule has 1 aliphatic rings. The van der Waals surface area contributed by atoms with Crippen molar-refractivity contribution >= 4 is 31.9 Å². The molecule has 0 spiro atoms. The summed E-state index contributed by atoms with van der Waals surface area (Å²) in [6.45, 7) is 2.29. The van der Waals surface area contributed by atoms with E-state index >= 15 is 0 Å². The first kappa shape index (κ1) is 15.5. The molecule has 1 aromatic carbocycles. The molecule has 0 amide bonds. The van der Waals surface area contributed by atoms with Crippen LogP contribution < -0.4 is 0 Å². The number of benzene rings is 1. The number of ether oxygens (including phenoxy) is 1. The fourth-order valence-corrected chi connectivity index (χ4v) is 3.94. The van der Waals surface area contributed by atoms with Gasteiger partial charge in [0.15, 0.2) is 0 Å². The van der Waals surface area contributed by atoms with Crippen LogP contribution in [-0.4, -0.2) is 11.4 Å². The first-order valence-electron chi connectivity index (χ1n) is 7.20. The first-order chi connectivity index (χ1) is 9.24. The van der Waals surface area contributed by atoms with E-state index in [-0.39, 0.29) is 6.10 Å². The molecule has 0 bridgehead atoms. The second kappa shape index (κ2) is 7.80. The molecule has 0 aromatic heterocycles. The van der Waals surface area contributed by atoms with E-state index < -0.39 is 0 Å². The zero-order chi connectivity index (χ0) is 13.7. The fraction of sp³-hybridized carbons (Fsp3) is 0.625. The number of alkyl halides is 1. The Labute approximate surface area is 133 Å². The highest BCUT2D eigenvalue weighted by molar-refractivity contribution is 9.10. The van der Waals surface area contributed by atoms with Gasteiger partial charge in [0.1, 0.15) is 0 Å². The normalized spacial score (nSPS) is 25.2. The van der Waals surface area contributed by atoms with Crippen LogP contribution in [0.25, 0.3) is 0 Å². The average molecular weight is 390 g/mol. The highest BCUT2D eigenvalue weighted by Gasteiger charge is 2.25. The minimum atomic E-state index is 0.149. The molecule has 3 heteroatoms. The zero-order valence-corrected chi connectivity index (χ0v) is 14.6. The molecule has 1 nitrogen and oxygen atoms in total. The Kier molecular flexibility index (Phi) is 6.37. The zero-order valence-electron chi connectivity index (χ0n) is 11.4. The van der Waals surface area contributed by atoms with Crippen molar-refractivity contribution in [2.75, 3.05) is 5.33 Å². The molecule has 19 heavy (non-hydrogen) atoms. The van der Waals surface area contributed by atoms with Crippen LogP contribution in [0.3, 0.4) is 0 Å². The summed E-state index contributed by atoms with van der Waals surface area (Å²) < 4.78 is 7.50. The predicted molar refractivity (Wildman–Crippen MR) is 87.8 cm³/mol. The van der Waals surface area contributed by atoms with Crippen molar-refractivity contribution in [3.05, 3.63) is 34.3 Å². The van der Waals surface area contributed by atoms with Gasteiger partial charge in [-0.15, -0.1) is 0 Å². The molecule has 1 fully saturated rings. The summed E-state index contributed by atoms with van der Waals surface area (Å²) in [5, 5.41) is 0.850. The molecule has 106 valence electrons. The summed E-state index contributed by atoms with van der Waals surface area (Å²) in [5.74, 6) is 0.855. The quantitative estimate of drug-likeness (QED) is 0.572. The second-order valence-corrected chi connectivity index (χ2v) is 6.87. The third-order valence-electron chi connectivity index (χ3n) is 4.06. The highest BCUT2D eigenvalue weighted by Crippen LogP contribution is 2.34. The van der Waals surface area contributed by atoms with Gasteiger partial charge in [-0.2, -0.15) is 0 Å². The van der Waals surface area contributed by atoms with E-state index in [1.807, 2.05) is 6.07 Å². The second-order valence-electron chi connectivity index (χ2n) is 5.36. The van der Waals surface area contributed by atoms with Crippen LogP contribution in [-0.2, 0) is 4.74 Å². The minimum Gasteiger partial charge on any atom is -0.369 e. The summed E-state index contributed by atoms with van der Waals surface area (Å²) in [5.41, 5.74) is 1.25. The molecule has 0 saturated heterocycles. The Morgan fingerprint density at radius 2 is 2.11 bits per heavy atom. The Morgan fingerprint density at radius 1 is 1.32 bits per heavy atom. The van der Waals surface area contributed by atoms with Crippen molar-refractivity contribution in [3.8, 4) is 0 Å². The largest absolute Gasteiger partial charge is 0.369 e. The molecule has 2 rings (SSSR count). The van der Waals surface area contributed by atoms with Crippen LogP contribution in [0.15, 0.2) is 28.7 Å². The van der Waals surface area contributed by atoms with Crippen molar-refractivity contribution in [1.29, 1.82) is 0 Å². The van der Waals surface area contributed by atoms with Crippen molar-refractivity contribution in [3.63, 3.8) is 0 Å². The van der Waals surface area contributed by atoms with Gasteiger partial charge in [-0.3, -0.25) is 0 Å². The van der Waals surface area contributed by atoms with Gasteiger partial charge in [0.05, 0.1) is 12.2 Å². The van der Waals surface area contributed by atoms with Gasteiger partial charge in [-0.05, 0) is 30.4 Å². The summed E-state index contributed by atoms with van der Waals surface area (Å²) >= 11 is 7.23. The van der Waals surface area contributed by atoms with Gasteiger partial charge >= 0.3 is 0 Å². The Balaban J connectivity index is 2.01. The number of rotatable bonds is 5. The molecule has 3 unspecified atom stereocenters. The monoisotopic (exact) mass is 388 g/mol. The molecule has 0 N–H and O–H groups in total. The minimum absolute atomic E-state index is 0.149. The van der Waals surface area contributed by atoms with E-state index in [2.05, 4.69) is 57.0 Å². The van der Waals surface area contributed by atoms with Gasteiger partial charge in [-0.1, -0.05) is 76.2 Å². The third kappa shape index (κ3) is 4.30. The summed E-state index contributed by atoms with van der Waals surface area (Å²) in [7, 11) is 0. The molecular formula is C16H22Br2O. The fourth-order valence-electron chi connectivity index (χ4n) is 2.90. The summed E-state index contributed by atoms with van der Waals surface area (Å²) in [4.78, 5) is 0. The van der Waals surface area contributed by atoms with Crippen LogP contribution in [0.5, 0.6) is 0 Å². The Hall–Kier alpha value is 0.140. The summed E-state index contributed by atoms with van der Waals surface area (Å²) in [6.07, 6.45) is 6.99. The predicted octanol–water partition coefficient (Wildman–Crippen LogP) is 5.87. The molecule has 1 aromatic rings. The Bertz CT molecular complexity index is 394. The molecule has 1 saturated carbocycles. The lowest BCUT2D eigenvalue weighted by Gasteiger charge is -2.31. The molecule has 3 atom stereocenters. The lowest BCUT2D eigenvalue weighted by Crippen LogP contribution is -2.25. The van der Waals surface area contributed by atoms with E-state index in [0.29, 0.717) is 6.10 Å². The van der Waals surface area contributed by atoms with E-state index in [0.717, 1.165) is 15.7 Å². The smallest absolute Gasteiger partial charge is 0.0936 e. The van der Waals surface area contributed by atoms with Crippen LogP contribution in [0.2, 0.25) is 0 Å². The van der Waals surface area contributed by atoms with E-state index in [1.54, 1.807) is 0 Å². The topological polar surface area (TPSA) is 9.23 Å². The van der Waals surface area contributed by atoms with Crippen molar-refractivity contribution in [2.24, 2.45) is 5.92 Å².